The average molecular weight is 503 g/mol. The number of aliphatic hydroxyl groups excluding tert-OH is 1. The third-order valence-electron chi connectivity index (χ3n) is 6.48. The molecule has 1 heterocycles. The first-order valence-electron chi connectivity index (χ1n) is 12.6. The van der Waals surface area contributed by atoms with Crippen LogP contribution in [0.1, 0.15) is 30.0 Å². The van der Waals surface area contributed by atoms with Crippen molar-refractivity contribution >= 4 is 11.8 Å². The molecule has 0 saturated carbocycles. The minimum absolute atomic E-state index is 0.0890. The molecular formula is C30H34N2O5. The van der Waals surface area contributed by atoms with E-state index in [1.807, 2.05) is 85.8 Å². The van der Waals surface area contributed by atoms with Crippen LogP contribution in [0.3, 0.4) is 0 Å². The van der Waals surface area contributed by atoms with Crippen LogP contribution in [0.15, 0.2) is 83.9 Å². The van der Waals surface area contributed by atoms with Crippen LogP contribution in [0.5, 0.6) is 11.5 Å². The quantitative estimate of drug-likeness (QED) is 0.366. The summed E-state index contributed by atoms with van der Waals surface area (Å²) in [6, 6.07) is 25.2. The number of ether oxygens (including phenoxy) is 3. The molecule has 7 nitrogen and oxygen atoms in total. The molecule has 0 bridgehead atoms. The van der Waals surface area contributed by atoms with E-state index in [1.165, 1.54) is 0 Å². The standard InChI is InChI=1S/C30H34N2O5/c1-22-30(21-24-8-4-3-5-9-24,29(34)31-17-16-23-10-6-11-27(20-23)35-2)32-28(37-22)25-12-14-26(15-13-25)36-19-7-18-33/h3-6,8-15,20,22,33H,7,16-19,21H2,1-2H3,(H,31,34)/t22-,30-/m1/s1. The van der Waals surface area contributed by atoms with E-state index in [4.69, 9.17) is 24.3 Å². The van der Waals surface area contributed by atoms with Crippen molar-refractivity contribution in [3.8, 4) is 11.5 Å². The second-order valence-electron chi connectivity index (χ2n) is 9.07. The van der Waals surface area contributed by atoms with E-state index >= 15 is 0 Å². The second kappa shape index (κ2) is 12.4. The number of carbonyl (C=O) groups is 1. The second-order valence-corrected chi connectivity index (χ2v) is 9.07. The molecule has 0 aliphatic carbocycles. The van der Waals surface area contributed by atoms with Gasteiger partial charge in [-0.3, -0.25) is 4.79 Å². The van der Waals surface area contributed by atoms with Crippen LogP contribution in [0.25, 0.3) is 0 Å². The van der Waals surface area contributed by atoms with E-state index in [9.17, 15) is 4.79 Å². The Morgan fingerprint density at radius 1 is 1.03 bits per heavy atom. The van der Waals surface area contributed by atoms with Crippen molar-refractivity contribution in [1.29, 1.82) is 0 Å². The van der Waals surface area contributed by atoms with Gasteiger partial charge >= 0.3 is 0 Å². The van der Waals surface area contributed by atoms with Gasteiger partial charge in [-0.2, -0.15) is 0 Å². The first kappa shape index (κ1) is 26.2. The number of hydrogen-bond acceptors (Lipinski definition) is 6. The molecule has 0 spiro atoms. The molecular weight excluding hydrogens is 468 g/mol. The van der Waals surface area contributed by atoms with E-state index in [0.717, 1.165) is 22.4 Å². The van der Waals surface area contributed by atoms with Crippen molar-refractivity contribution in [2.45, 2.75) is 37.8 Å². The van der Waals surface area contributed by atoms with E-state index in [0.29, 0.717) is 44.1 Å². The molecule has 37 heavy (non-hydrogen) atoms. The predicted octanol–water partition coefficient (Wildman–Crippen LogP) is 3.96. The lowest BCUT2D eigenvalue weighted by atomic mass is 9.86. The van der Waals surface area contributed by atoms with E-state index in [1.54, 1.807) is 7.11 Å². The van der Waals surface area contributed by atoms with Gasteiger partial charge < -0.3 is 24.6 Å². The number of carbonyl (C=O) groups excluding carboxylic acids is 1. The maximum atomic E-state index is 13.7. The van der Waals surface area contributed by atoms with Crippen LogP contribution in [0.4, 0.5) is 0 Å². The highest BCUT2D eigenvalue weighted by Gasteiger charge is 2.50. The van der Waals surface area contributed by atoms with Crippen molar-refractivity contribution in [1.82, 2.24) is 5.32 Å². The Kier molecular flexibility index (Phi) is 8.80. The van der Waals surface area contributed by atoms with Gasteiger partial charge in [-0.1, -0.05) is 42.5 Å². The number of rotatable bonds is 12. The molecule has 1 amide bonds. The monoisotopic (exact) mass is 502 g/mol. The van der Waals surface area contributed by atoms with Gasteiger partial charge in [-0.25, -0.2) is 4.99 Å². The summed E-state index contributed by atoms with van der Waals surface area (Å²) in [6.07, 6.45) is 1.21. The van der Waals surface area contributed by atoms with Gasteiger partial charge in [0.2, 0.25) is 5.90 Å². The van der Waals surface area contributed by atoms with Gasteiger partial charge in [-0.15, -0.1) is 0 Å². The van der Waals surface area contributed by atoms with Crippen LogP contribution < -0.4 is 14.8 Å². The van der Waals surface area contributed by atoms with Crippen molar-refractivity contribution in [2.24, 2.45) is 4.99 Å². The summed E-state index contributed by atoms with van der Waals surface area (Å²) in [6.45, 7) is 2.90. The number of benzene rings is 3. The molecule has 0 unspecified atom stereocenters. The van der Waals surface area contributed by atoms with Gasteiger partial charge in [0.1, 0.15) is 17.6 Å². The zero-order chi connectivity index (χ0) is 26.1. The lowest BCUT2D eigenvalue weighted by Crippen LogP contribution is -2.52. The highest BCUT2D eigenvalue weighted by molar-refractivity contribution is 6.00. The summed E-state index contributed by atoms with van der Waals surface area (Å²) in [5.74, 6) is 1.77. The van der Waals surface area contributed by atoms with Crippen LogP contribution in [0, 0.1) is 0 Å². The first-order valence-corrected chi connectivity index (χ1v) is 12.6. The average Bonchev–Trinajstić information content (AvgIpc) is 3.26. The normalized spacial score (nSPS) is 18.6. The van der Waals surface area contributed by atoms with Gasteiger partial charge in [0.25, 0.3) is 5.91 Å². The molecule has 3 aromatic rings. The summed E-state index contributed by atoms with van der Waals surface area (Å²) in [4.78, 5) is 18.6. The van der Waals surface area contributed by atoms with Gasteiger partial charge in [0, 0.05) is 31.6 Å². The Morgan fingerprint density at radius 3 is 2.51 bits per heavy atom. The topological polar surface area (TPSA) is 89.4 Å². The summed E-state index contributed by atoms with van der Waals surface area (Å²) < 4.78 is 17.1. The number of aliphatic imine (C=N–C) groups is 1. The van der Waals surface area contributed by atoms with Crippen molar-refractivity contribution in [3.63, 3.8) is 0 Å². The molecule has 1 aliphatic heterocycles. The van der Waals surface area contributed by atoms with Crippen molar-refractivity contribution in [2.75, 3.05) is 26.9 Å². The molecule has 2 N–H and O–H groups in total. The molecule has 0 saturated heterocycles. The zero-order valence-electron chi connectivity index (χ0n) is 21.4. The summed E-state index contributed by atoms with van der Waals surface area (Å²) >= 11 is 0. The van der Waals surface area contributed by atoms with E-state index in [-0.39, 0.29) is 12.5 Å². The SMILES string of the molecule is COc1cccc(CCNC(=O)[C@]2(Cc3ccccc3)N=C(c3ccc(OCCCO)cc3)O[C@@H]2C)c1. The molecule has 4 rings (SSSR count). The largest absolute Gasteiger partial charge is 0.497 e. The lowest BCUT2D eigenvalue weighted by Gasteiger charge is -2.28. The van der Waals surface area contributed by atoms with Crippen molar-refractivity contribution < 1.29 is 24.1 Å². The highest BCUT2D eigenvalue weighted by atomic mass is 16.5. The number of hydrogen-bond donors (Lipinski definition) is 2. The number of nitrogens with zero attached hydrogens (tertiary/aromatic N) is 1. The number of methoxy groups -OCH3 is 1. The third-order valence-corrected chi connectivity index (χ3v) is 6.48. The molecule has 3 aromatic carbocycles. The Labute approximate surface area is 218 Å². The van der Waals surface area contributed by atoms with Crippen LogP contribution >= 0.6 is 0 Å². The molecule has 0 radical (unpaired) electrons. The fraction of sp³-hybridized carbons (Fsp3) is 0.333. The highest BCUT2D eigenvalue weighted by Crippen LogP contribution is 2.33. The smallest absolute Gasteiger partial charge is 0.252 e. The van der Waals surface area contributed by atoms with Gasteiger partial charge in [0.05, 0.1) is 13.7 Å². The van der Waals surface area contributed by atoms with Gasteiger partial charge in [0.15, 0.2) is 5.54 Å². The molecule has 0 fully saturated rings. The minimum Gasteiger partial charge on any atom is -0.497 e. The maximum Gasteiger partial charge on any atom is 0.252 e. The summed E-state index contributed by atoms with van der Waals surface area (Å²) in [5, 5.41) is 12.0. The Bertz CT molecular complexity index is 1200. The molecule has 1 aliphatic rings. The van der Waals surface area contributed by atoms with Gasteiger partial charge in [-0.05, 0) is 60.9 Å². The molecule has 194 valence electrons. The van der Waals surface area contributed by atoms with E-state index in [2.05, 4.69) is 5.32 Å². The summed E-state index contributed by atoms with van der Waals surface area (Å²) in [5.41, 5.74) is 1.78. The summed E-state index contributed by atoms with van der Waals surface area (Å²) in [7, 11) is 1.64. The Hall–Kier alpha value is -3.84. The Balaban J connectivity index is 1.53. The fourth-order valence-corrected chi connectivity index (χ4v) is 4.35. The third kappa shape index (κ3) is 6.49. The first-order chi connectivity index (χ1) is 18.0. The Morgan fingerprint density at radius 2 is 1.78 bits per heavy atom. The zero-order valence-corrected chi connectivity index (χ0v) is 21.4. The molecule has 7 heteroatoms. The number of aliphatic hydroxyl groups is 1. The van der Waals surface area contributed by atoms with Crippen LogP contribution in [-0.2, 0) is 22.4 Å². The number of nitrogens with one attached hydrogen (secondary N) is 1. The van der Waals surface area contributed by atoms with Crippen LogP contribution in [-0.4, -0.2) is 55.4 Å². The molecule has 2 atom stereocenters. The number of amides is 1. The maximum absolute atomic E-state index is 13.7. The lowest BCUT2D eigenvalue weighted by molar-refractivity contribution is -0.128. The van der Waals surface area contributed by atoms with Crippen LogP contribution in [0.2, 0.25) is 0 Å². The predicted molar refractivity (Wildman–Crippen MR) is 143 cm³/mol. The van der Waals surface area contributed by atoms with Crippen molar-refractivity contribution in [3.05, 3.63) is 95.6 Å². The minimum atomic E-state index is -1.10. The molecule has 0 aromatic heterocycles. The van der Waals surface area contributed by atoms with E-state index < -0.39 is 11.6 Å². The fourth-order valence-electron chi connectivity index (χ4n) is 4.35.